The second kappa shape index (κ2) is 2.52. The molecule has 1 aliphatic carbocycles. The molecule has 0 radical (unpaired) electrons. The summed E-state index contributed by atoms with van der Waals surface area (Å²) < 4.78 is 5.64. The molecule has 0 saturated carbocycles. The molecule has 1 aliphatic heterocycles. The highest BCUT2D eigenvalue weighted by Crippen LogP contribution is 2.33. The van der Waals surface area contributed by atoms with Crippen molar-refractivity contribution in [2.75, 3.05) is 6.61 Å². The van der Waals surface area contributed by atoms with Crippen molar-refractivity contribution in [2.45, 2.75) is 12.8 Å². The SMILES string of the molecule is C1=CC2=C(OC1)c1cc[nH]c1CC2. The lowest BCUT2D eigenvalue weighted by Gasteiger charge is -2.21. The van der Waals surface area contributed by atoms with E-state index in [1.165, 1.54) is 16.8 Å². The van der Waals surface area contributed by atoms with Gasteiger partial charge in [-0.15, -0.1) is 0 Å². The molecule has 2 heteroatoms. The van der Waals surface area contributed by atoms with Crippen molar-refractivity contribution < 1.29 is 4.74 Å². The van der Waals surface area contributed by atoms with Crippen LogP contribution in [0.1, 0.15) is 17.7 Å². The molecule has 0 saturated heterocycles. The van der Waals surface area contributed by atoms with Gasteiger partial charge >= 0.3 is 0 Å². The van der Waals surface area contributed by atoms with Crippen molar-refractivity contribution in [1.82, 2.24) is 4.98 Å². The van der Waals surface area contributed by atoms with Crippen LogP contribution < -0.4 is 0 Å². The van der Waals surface area contributed by atoms with E-state index in [4.69, 9.17) is 4.74 Å². The Morgan fingerprint density at radius 1 is 1.31 bits per heavy atom. The Hall–Kier alpha value is -1.44. The number of allylic oxidation sites excluding steroid dienone is 2. The van der Waals surface area contributed by atoms with Crippen molar-refractivity contribution in [3.05, 3.63) is 41.2 Å². The smallest absolute Gasteiger partial charge is 0.131 e. The molecule has 0 unspecified atom stereocenters. The maximum absolute atomic E-state index is 5.64. The van der Waals surface area contributed by atoms with E-state index in [1.54, 1.807) is 0 Å². The monoisotopic (exact) mass is 173 g/mol. The van der Waals surface area contributed by atoms with Crippen LogP contribution in [-0.2, 0) is 11.2 Å². The van der Waals surface area contributed by atoms with Crippen LogP contribution in [0.5, 0.6) is 0 Å². The van der Waals surface area contributed by atoms with Gasteiger partial charge in [0, 0.05) is 17.5 Å². The molecular formula is C11H11NO. The predicted molar refractivity (Wildman–Crippen MR) is 51.1 cm³/mol. The summed E-state index contributed by atoms with van der Waals surface area (Å²) in [6, 6.07) is 2.10. The van der Waals surface area contributed by atoms with Gasteiger partial charge in [0.05, 0.1) is 0 Å². The molecular weight excluding hydrogens is 162 g/mol. The molecule has 0 amide bonds. The van der Waals surface area contributed by atoms with Gasteiger partial charge in [0.1, 0.15) is 12.4 Å². The lowest BCUT2D eigenvalue weighted by molar-refractivity contribution is 0.310. The maximum Gasteiger partial charge on any atom is 0.131 e. The molecule has 2 aliphatic rings. The summed E-state index contributed by atoms with van der Waals surface area (Å²) in [5, 5.41) is 0. The van der Waals surface area contributed by atoms with Crippen molar-refractivity contribution in [1.29, 1.82) is 0 Å². The second-order valence-electron chi connectivity index (χ2n) is 3.44. The summed E-state index contributed by atoms with van der Waals surface area (Å²) in [6.45, 7) is 0.712. The van der Waals surface area contributed by atoms with Gasteiger partial charge in [-0.05, 0) is 30.6 Å². The van der Waals surface area contributed by atoms with Crippen molar-refractivity contribution in [3.63, 3.8) is 0 Å². The third kappa shape index (κ3) is 0.949. The van der Waals surface area contributed by atoms with E-state index in [-0.39, 0.29) is 0 Å². The zero-order valence-corrected chi connectivity index (χ0v) is 7.34. The highest BCUT2D eigenvalue weighted by molar-refractivity contribution is 5.70. The normalized spacial score (nSPS) is 19.4. The third-order valence-corrected chi connectivity index (χ3v) is 2.66. The molecule has 3 rings (SSSR count). The van der Waals surface area contributed by atoms with Gasteiger partial charge in [0.25, 0.3) is 0 Å². The maximum atomic E-state index is 5.64. The summed E-state index contributed by atoms with van der Waals surface area (Å²) in [5.41, 5.74) is 3.91. The van der Waals surface area contributed by atoms with Crippen LogP contribution in [0.2, 0.25) is 0 Å². The number of aromatic amines is 1. The van der Waals surface area contributed by atoms with Gasteiger partial charge in [0.2, 0.25) is 0 Å². The number of nitrogens with one attached hydrogen (secondary N) is 1. The fourth-order valence-corrected chi connectivity index (χ4v) is 2.02. The Bertz CT molecular complexity index is 398. The largest absolute Gasteiger partial charge is 0.489 e. The molecule has 0 aromatic carbocycles. The fraction of sp³-hybridized carbons (Fsp3) is 0.273. The molecule has 13 heavy (non-hydrogen) atoms. The Kier molecular flexibility index (Phi) is 1.36. The zero-order chi connectivity index (χ0) is 8.67. The standard InChI is InChI=1S/C11H11NO/c1-2-8-3-4-10-9(5-6-12-10)11(8)13-7-1/h1-2,5-6,12H,3-4,7H2. The first-order valence-electron chi connectivity index (χ1n) is 4.64. The number of hydrogen-bond donors (Lipinski definition) is 1. The minimum atomic E-state index is 0.712. The van der Waals surface area contributed by atoms with Crippen LogP contribution in [0.15, 0.2) is 30.0 Å². The summed E-state index contributed by atoms with van der Waals surface area (Å²) in [5.74, 6) is 1.09. The van der Waals surface area contributed by atoms with Crippen LogP contribution in [0.25, 0.3) is 5.76 Å². The van der Waals surface area contributed by atoms with Gasteiger partial charge in [-0.1, -0.05) is 6.08 Å². The number of rotatable bonds is 0. The summed E-state index contributed by atoms with van der Waals surface area (Å²) in [7, 11) is 0. The molecule has 1 aromatic rings. The Labute approximate surface area is 76.9 Å². The first-order chi connectivity index (χ1) is 6.45. The van der Waals surface area contributed by atoms with E-state index in [0.717, 1.165) is 18.6 Å². The average molecular weight is 173 g/mol. The Morgan fingerprint density at radius 2 is 2.31 bits per heavy atom. The van der Waals surface area contributed by atoms with E-state index in [0.29, 0.717) is 6.61 Å². The highest BCUT2D eigenvalue weighted by Gasteiger charge is 2.20. The molecule has 2 heterocycles. The van der Waals surface area contributed by atoms with Gasteiger partial charge in [0.15, 0.2) is 0 Å². The molecule has 0 bridgehead atoms. The molecule has 0 spiro atoms. The van der Waals surface area contributed by atoms with E-state index in [9.17, 15) is 0 Å². The van der Waals surface area contributed by atoms with E-state index < -0.39 is 0 Å². The quantitative estimate of drug-likeness (QED) is 0.639. The predicted octanol–water partition coefficient (Wildman–Crippen LogP) is 2.26. The van der Waals surface area contributed by atoms with E-state index in [2.05, 4.69) is 23.2 Å². The highest BCUT2D eigenvalue weighted by atomic mass is 16.5. The molecule has 66 valence electrons. The van der Waals surface area contributed by atoms with Crippen molar-refractivity contribution in [3.8, 4) is 0 Å². The van der Waals surface area contributed by atoms with E-state index in [1.807, 2.05) is 6.20 Å². The minimum Gasteiger partial charge on any atom is -0.489 e. The summed E-state index contributed by atoms with van der Waals surface area (Å²) >= 11 is 0. The summed E-state index contributed by atoms with van der Waals surface area (Å²) in [6.07, 6.45) is 8.46. The van der Waals surface area contributed by atoms with Gasteiger partial charge in [-0.2, -0.15) is 0 Å². The molecule has 0 atom stereocenters. The topological polar surface area (TPSA) is 25.0 Å². The summed E-state index contributed by atoms with van der Waals surface area (Å²) in [4.78, 5) is 3.25. The van der Waals surface area contributed by atoms with Gasteiger partial charge < -0.3 is 9.72 Å². The lowest BCUT2D eigenvalue weighted by Crippen LogP contribution is -2.08. The fourth-order valence-electron chi connectivity index (χ4n) is 2.02. The van der Waals surface area contributed by atoms with Crippen LogP contribution in [0, 0.1) is 0 Å². The van der Waals surface area contributed by atoms with Crippen molar-refractivity contribution >= 4 is 5.76 Å². The number of fused-ring (bicyclic) bond motifs is 2. The first-order valence-corrected chi connectivity index (χ1v) is 4.64. The Morgan fingerprint density at radius 3 is 3.31 bits per heavy atom. The number of ether oxygens (including phenoxy) is 1. The second-order valence-corrected chi connectivity index (χ2v) is 3.44. The molecule has 1 N–H and O–H groups in total. The molecule has 1 aromatic heterocycles. The zero-order valence-electron chi connectivity index (χ0n) is 7.34. The number of aromatic nitrogens is 1. The number of hydrogen-bond acceptors (Lipinski definition) is 1. The van der Waals surface area contributed by atoms with Crippen LogP contribution in [-0.4, -0.2) is 11.6 Å². The van der Waals surface area contributed by atoms with Crippen molar-refractivity contribution in [2.24, 2.45) is 0 Å². The van der Waals surface area contributed by atoms with E-state index >= 15 is 0 Å². The van der Waals surface area contributed by atoms with Crippen LogP contribution in [0.3, 0.4) is 0 Å². The molecule has 2 nitrogen and oxygen atoms in total. The van der Waals surface area contributed by atoms with Crippen LogP contribution >= 0.6 is 0 Å². The van der Waals surface area contributed by atoms with Gasteiger partial charge in [-0.25, -0.2) is 0 Å². The number of aryl methyl sites for hydroxylation is 1. The first kappa shape index (κ1) is 7.01. The molecule has 0 fully saturated rings. The Balaban J connectivity index is 2.18. The average Bonchev–Trinajstić information content (AvgIpc) is 2.65. The van der Waals surface area contributed by atoms with Crippen LogP contribution in [0.4, 0.5) is 0 Å². The van der Waals surface area contributed by atoms with Gasteiger partial charge in [-0.3, -0.25) is 0 Å². The number of H-pyrrole nitrogens is 1. The minimum absolute atomic E-state index is 0.712. The third-order valence-electron chi connectivity index (χ3n) is 2.66. The lowest BCUT2D eigenvalue weighted by atomic mass is 9.94.